The van der Waals surface area contributed by atoms with Gasteiger partial charge in [-0.25, -0.2) is 0 Å². The number of phenolic OH excluding ortho intramolecular Hbond substituents is 1. The Labute approximate surface area is 98.2 Å². The van der Waals surface area contributed by atoms with Crippen LogP contribution in [-0.4, -0.2) is 19.7 Å². The lowest BCUT2D eigenvalue weighted by Gasteiger charge is -2.01. The molecule has 17 heavy (non-hydrogen) atoms. The highest BCUT2D eigenvalue weighted by atomic mass is 16.3. The number of aromatic hydroxyl groups is 1. The number of pyridine rings is 1. The first-order chi connectivity index (χ1) is 8.24. The number of fused-ring (bicyclic) bond motifs is 1. The quantitative estimate of drug-likeness (QED) is 0.691. The van der Waals surface area contributed by atoms with Crippen LogP contribution in [0.2, 0.25) is 0 Å². The third-order valence-corrected chi connectivity index (χ3v) is 2.65. The third-order valence-electron chi connectivity index (χ3n) is 2.65. The summed E-state index contributed by atoms with van der Waals surface area (Å²) in [5, 5.41) is 17.7. The minimum Gasteiger partial charge on any atom is -0.508 e. The van der Waals surface area contributed by atoms with E-state index in [0.717, 1.165) is 22.6 Å². The number of phenols is 1. The molecule has 2 heterocycles. The van der Waals surface area contributed by atoms with Gasteiger partial charge in [0.15, 0.2) is 11.5 Å². The van der Waals surface area contributed by atoms with Crippen LogP contribution in [0.1, 0.15) is 5.56 Å². The fourth-order valence-corrected chi connectivity index (χ4v) is 1.84. The molecule has 0 aliphatic heterocycles. The van der Waals surface area contributed by atoms with Crippen molar-refractivity contribution in [2.45, 2.75) is 6.92 Å². The molecule has 84 valence electrons. The van der Waals surface area contributed by atoms with Crippen molar-refractivity contribution < 1.29 is 5.11 Å². The van der Waals surface area contributed by atoms with Gasteiger partial charge in [0.25, 0.3) is 0 Å². The highest BCUT2D eigenvalue weighted by Crippen LogP contribution is 2.22. The van der Waals surface area contributed by atoms with Crippen molar-refractivity contribution in [3.05, 3.63) is 48.2 Å². The Balaban J connectivity index is 2.27. The van der Waals surface area contributed by atoms with Gasteiger partial charge in [0.2, 0.25) is 0 Å². The lowest BCUT2D eigenvalue weighted by Crippen LogP contribution is -1.90. The summed E-state index contributed by atoms with van der Waals surface area (Å²) in [7, 11) is 0. The van der Waals surface area contributed by atoms with Crippen molar-refractivity contribution in [2.75, 3.05) is 0 Å². The standard InChI is InChI=1S/C13H11N3O/c1-9-5-6-12-14-15-13(16(12)8-9)10-3-2-4-11(17)7-10/h2-8,17H,1H3. The van der Waals surface area contributed by atoms with Gasteiger partial charge in [-0.15, -0.1) is 10.2 Å². The molecule has 0 atom stereocenters. The highest BCUT2D eigenvalue weighted by molar-refractivity contribution is 5.61. The third kappa shape index (κ3) is 1.63. The zero-order chi connectivity index (χ0) is 11.8. The number of hydrogen-bond donors (Lipinski definition) is 1. The first-order valence-electron chi connectivity index (χ1n) is 5.35. The Morgan fingerprint density at radius 3 is 2.82 bits per heavy atom. The van der Waals surface area contributed by atoms with Crippen molar-refractivity contribution in [2.24, 2.45) is 0 Å². The van der Waals surface area contributed by atoms with E-state index in [9.17, 15) is 5.11 Å². The molecule has 0 saturated heterocycles. The normalized spacial score (nSPS) is 10.9. The van der Waals surface area contributed by atoms with Gasteiger partial charge in [-0.05, 0) is 30.7 Å². The number of nitrogens with zero attached hydrogens (tertiary/aromatic N) is 3. The van der Waals surface area contributed by atoms with Crippen molar-refractivity contribution in [3.8, 4) is 17.1 Å². The molecular weight excluding hydrogens is 214 g/mol. The molecule has 3 rings (SSSR count). The van der Waals surface area contributed by atoms with Gasteiger partial charge in [0.05, 0.1) is 0 Å². The second-order valence-corrected chi connectivity index (χ2v) is 4.01. The van der Waals surface area contributed by atoms with Gasteiger partial charge in [-0.2, -0.15) is 0 Å². The van der Waals surface area contributed by atoms with E-state index >= 15 is 0 Å². The van der Waals surface area contributed by atoms with Gasteiger partial charge in [0.1, 0.15) is 5.75 Å². The maximum atomic E-state index is 9.48. The first-order valence-corrected chi connectivity index (χ1v) is 5.35. The van der Waals surface area contributed by atoms with Gasteiger partial charge >= 0.3 is 0 Å². The molecule has 0 radical (unpaired) electrons. The van der Waals surface area contributed by atoms with E-state index < -0.39 is 0 Å². The summed E-state index contributed by atoms with van der Waals surface area (Å²) in [6, 6.07) is 10.9. The zero-order valence-corrected chi connectivity index (χ0v) is 9.33. The molecule has 0 aliphatic carbocycles. The van der Waals surface area contributed by atoms with E-state index in [1.807, 2.05) is 35.7 Å². The zero-order valence-electron chi connectivity index (χ0n) is 9.33. The summed E-state index contributed by atoms with van der Waals surface area (Å²) in [6.07, 6.45) is 1.98. The summed E-state index contributed by atoms with van der Waals surface area (Å²) in [6.45, 7) is 2.02. The molecule has 0 saturated carbocycles. The maximum absolute atomic E-state index is 9.48. The smallest absolute Gasteiger partial charge is 0.168 e. The van der Waals surface area contributed by atoms with Crippen molar-refractivity contribution in [1.29, 1.82) is 0 Å². The Bertz CT molecular complexity index is 688. The minimum absolute atomic E-state index is 0.229. The molecule has 0 bridgehead atoms. The molecule has 0 spiro atoms. The number of rotatable bonds is 1. The predicted molar refractivity (Wildman–Crippen MR) is 64.8 cm³/mol. The maximum Gasteiger partial charge on any atom is 0.168 e. The lowest BCUT2D eigenvalue weighted by molar-refractivity contribution is 0.475. The van der Waals surface area contributed by atoms with Gasteiger partial charge in [0, 0.05) is 11.8 Å². The second-order valence-electron chi connectivity index (χ2n) is 4.01. The Morgan fingerprint density at radius 1 is 1.12 bits per heavy atom. The summed E-state index contributed by atoms with van der Waals surface area (Å²) < 4.78 is 1.92. The predicted octanol–water partition coefficient (Wildman–Crippen LogP) is 2.41. The van der Waals surface area contributed by atoms with Crippen molar-refractivity contribution in [3.63, 3.8) is 0 Å². The summed E-state index contributed by atoms with van der Waals surface area (Å²) in [4.78, 5) is 0. The Kier molecular flexibility index (Phi) is 2.08. The van der Waals surface area contributed by atoms with Crippen LogP contribution >= 0.6 is 0 Å². The molecule has 3 aromatic rings. The highest BCUT2D eigenvalue weighted by Gasteiger charge is 2.08. The lowest BCUT2D eigenvalue weighted by atomic mass is 10.2. The average molecular weight is 225 g/mol. The van der Waals surface area contributed by atoms with Crippen molar-refractivity contribution >= 4 is 5.65 Å². The molecule has 0 amide bonds. The number of benzene rings is 1. The molecule has 4 heteroatoms. The SMILES string of the molecule is Cc1ccc2nnc(-c3cccc(O)c3)n2c1. The van der Waals surface area contributed by atoms with E-state index in [4.69, 9.17) is 0 Å². The van der Waals surface area contributed by atoms with E-state index in [1.54, 1.807) is 18.2 Å². The van der Waals surface area contributed by atoms with Gasteiger partial charge in [-0.1, -0.05) is 18.2 Å². The summed E-state index contributed by atoms with van der Waals surface area (Å²) in [5.74, 6) is 0.964. The molecule has 0 unspecified atom stereocenters. The van der Waals surface area contributed by atoms with Gasteiger partial charge in [-0.3, -0.25) is 4.40 Å². The Morgan fingerprint density at radius 2 is 2.00 bits per heavy atom. The molecular formula is C13H11N3O. The Hall–Kier alpha value is -2.36. The molecule has 4 nitrogen and oxygen atoms in total. The van der Waals surface area contributed by atoms with Crippen LogP contribution in [0.4, 0.5) is 0 Å². The van der Waals surface area contributed by atoms with Crippen LogP contribution in [0, 0.1) is 6.92 Å². The van der Waals surface area contributed by atoms with Crippen LogP contribution in [0.3, 0.4) is 0 Å². The monoisotopic (exact) mass is 225 g/mol. The summed E-state index contributed by atoms with van der Waals surface area (Å²) in [5.41, 5.74) is 2.79. The molecule has 2 aromatic heterocycles. The fourth-order valence-electron chi connectivity index (χ4n) is 1.84. The second kappa shape index (κ2) is 3.59. The molecule has 0 aliphatic rings. The van der Waals surface area contributed by atoms with Crippen LogP contribution in [0.15, 0.2) is 42.6 Å². The van der Waals surface area contributed by atoms with E-state index in [2.05, 4.69) is 10.2 Å². The van der Waals surface area contributed by atoms with Crippen LogP contribution < -0.4 is 0 Å². The summed E-state index contributed by atoms with van der Waals surface area (Å²) >= 11 is 0. The minimum atomic E-state index is 0.229. The molecule has 1 aromatic carbocycles. The first kappa shape index (κ1) is 9.84. The topological polar surface area (TPSA) is 50.4 Å². The van der Waals surface area contributed by atoms with Gasteiger partial charge < -0.3 is 5.11 Å². The van der Waals surface area contributed by atoms with E-state index in [0.29, 0.717) is 0 Å². The average Bonchev–Trinajstić information content (AvgIpc) is 2.71. The van der Waals surface area contributed by atoms with E-state index in [-0.39, 0.29) is 5.75 Å². The van der Waals surface area contributed by atoms with Crippen LogP contribution in [0.25, 0.3) is 17.0 Å². The van der Waals surface area contributed by atoms with E-state index in [1.165, 1.54) is 0 Å². The number of hydrogen-bond acceptors (Lipinski definition) is 3. The largest absolute Gasteiger partial charge is 0.508 e. The van der Waals surface area contributed by atoms with Crippen molar-refractivity contribution in [1.82, 2.24) is 14.6 Å². The fraction of sp³-hybridized carbons (Fsp3) is 0.0769. The van der Waals surface area contributed by atoms with Crippen LogP contribution in [-0.2, 0) is 0 Å². The number of aromatic nitrogens is 3. The number of aryl methyl sites for hydroxylation is 1. The van der Waals surface area contributed by atoms with Crippen LogP contribution in [0.5, 0.6) is 5.75 Å². The molecule has 0 fully saturated rings. The molecule has 1 N–H and O–H groups in total.